The van der Waals surface area contributed by atoms with Crippen LogP contribution in [0.15, 0.2) is 47.7 Å². The van der Waals surface area contributed by atoms with E-state index in [0.29, 0.717) is 0 Å². The minimum Gasteiger partial charge on any atom is -0.288 e. The molecule has 0 amide bonds. The van der Waals surface area contributed by atoms with Gasteiger partial charge in [0.1, 0.15) is 23.2 Å². The Hall–Kier alpha value is -2.52. The van der Waals surface area contributed by atoms with Gasteiger partial charge >= 0.3 is 6.18 Å². The van der Waals surface area contributed by atoms with Gasteiger partial charge in [-0.15, -0.1) is 5.10 Å². The molecule has 150 valence electrons. The molecule has 1 aliphatic heterocycles. The van der Waals surface area contributed by atoms with Gasteiger partial charge in [-0.2, -0.15) is 17.9 Å². The molecule has 2 aromatic carbocycles. The fraction of sp³-hybridized carbons (Fsp3) is 0.222. The van der Waals surface area contributed by atoms with E-state index in [4.69, 9.17) is 23.2 Å². The van der Waals surface area contributed by atoms with E-state index in [9.17, 15) is 17.6 Å². The number of alkyl halides is 3. The van der Waals surface area contributed by atoms with E-state index in [1.807, 2.05) is 0 Å². The van der Waals surface area contributed by atoms with Crippen molar-refractivity contribution in [1.29, 1.82) is 0 Å². The maximum Gasteiger partial charge on any atom is 0.400 e. The summed E-state index contributed by atoms with van der Waals surface area (Å²) < 4.78 is 58.0. The lowest BCUT2D eigenvalue weighted by Gasteiger charge is -2.31. The van der Waals surface area contributed by atoms with Gasteiger partial charge in [0.15, 0.2) is 0 Å². The number of hydrogen-bond acceptors (Lipinski definition) is 4. The van der Waals surface area contributed by atoms with E-state index < -0.39 is 30.4 Å². The van der Waals surface area contributed by atoms with Gasteiger partial charge in [-0.25, -0.2) is 4.39 Å². The highest BCUT2D eigenvalue weighted by atomic mass is 35.5. The summed E-state index contributed by atoms with van der Waals surface area (Å²) in [5, 5.41) is 10.7. The first kappa shape index (κ1) is 19.8. The van der Waals surface area contributed by atoms with Crippen molar-refractivity contribution in [3.8, 4) is 5.69 Å². The third-order valence-corrected chi connectivity index (χ3v) is 5.28. The molecule has 29 heavy (non-hydrogen) atoms. The van der Waals surface area contributed by atoms with E-state index in [1.54, 1.807) is 0 Å². The van der Waals surface area contributed by atoms with Gasteiger partial charge in [0.05, 0.1) is 6.54 Å². The topological polar surface area (TPSA) is 56.0 Å². The van der Waals surface area contributed by atoms with E-state index in [2.05, 4.69) is 20.5 Å². The molecule has 4 rings (SSSR count). The minimum absolute atomic E-state index is 0.0704. The largest absolute Gasteiger partial charge is 0.400 e. The zero-order valence-electron chi connectivity index (χ0n) is 14.5. The Balaban J connectivity index is 1.71. The van der Waals surface area contributed by atoms with Gasteiger partial charge in [-0.05, 0) is 51.9 Å². The first-order valence-electron chi connectivity index (χ1n) is 8.29. The average molecular weight is 444 g/mol. The summed E-state index contributed by atoms with van der Waals surface area (Å²) in [6, 6.07) is 7.82. The zero-order chi connectivity index (χ0) is 20.8. The van der Waals surface area contributed by atoms with Crippen molar-refractivity contribution in [2.24, 2.45) is 4.99 Å². The van der Waals surface area contributed by atoms with E-state index >= 15 is 0 Å². The van der Waals surface area contributed by atoms with Gasteiger partial charge in [0.25, 0.3) is 0 Å². The minimum atomic E-state index is -4.61. The zero-order valence-corrected chi connectivity index (χ0v) is 16.0. The monoisotopic (exact) mass is 443 g/mol. The lowest BCUT2D eigenvalue weighted by Crippen LogP contribution is -2.43. The average Bonchev–Trinajstić information content (AvgIpc) is 3.31. The Bertz CT molecular complexity index is 1080. The van der Waals surface area contributed by atoms with Crippen LogP contribution < -0.4 is 0 Å². The molecule has 0 N–H and O–H groups in total. The highest BCUT2D eigenvalue weighted by Crippen LogP contribution is 2.48. The predicted molar refractivity (Wildman–Crippen MR) is 99.3 cm³/mol. The van der Waals surface area contributed by atoms with E-state index in [0.717, 1.165) is 10.7 Å². The maximum absolute atomic E-state index is 14.5. The molecule has 0 radical (unpaired) electrons. The second-order valence-corrected chi connectivity index (χ2v) is 7.47. The van der Waals surface area contributed by atoms with Gasteiger partial charge in [0.2, 0.25) is 0 Å². The van der Waals surface area contributed by atoms with Crippen LogP contribution in [0.5, 0.6) is 0 Å². The number of halogens is 6. The van der Waals surface area contributed by atoms with Crippen LogP contribution in [0.3, 0.4) is 0 Å². The van der Waals surface area contributed by atoms with Crippen LogP contribution in [0.2, 0.25) is 10.0 Å². The van der Waals surface area contributed by atoms with Crippen molar-refractivity contribution in [2.45, 2.75) is 18.0 Å². The lowest BCUT2D eigenvalue weighted by atomic mass is 9.76. The summed E-state index contributed by atoms with van der Waals surface area (Å²) in [6.07, 6.45) is -3.86. The summed E-state index contributed by atoms with van der Waals surface area (Å²) in [4.78, 5) is 4.09. The quantitative estimate of drug-likeness (QED) is 0.546. The van der Waals surface area contributed by atoms with Crippen molar-refractivity contribution >= 4 is 28.9 Å². The Morgan fingerprint density at radius 2 is 1.76 bits per heavy atom. The Morgan fingerprint density at radius 1 is 1.03 bits per heavy atom. The molecule has 2 heterocycles. The van der Waals surface area contributed by atoms with Gasteiger partial charge in [-0.3, -0.25) is 4.99 Å². The lowest BCUT2D eigenvalue weighted by molar-refractivity contribution is -0.183. The number of nitrogens with zero attached hydrogens (tertiary/aromatic N) is 5. The standard InChI is InChI=1S/C18H11Cl2F4N5/c19-12-4-11(5-13(20)6-12)17(18(22,23)24)7-15(25-8-17)10-1-2-16(14(21)3-10)29-9-26-27-28-29/h1-6,9H,7-8H2. The molecular formula is C18H11Cl2F4N5. The summed E-state index contributed by atoms with van der Waals surface area (Å²) in [6.45, 7) is -0.543. The Kier molecular flexibility index (Phi) is 4.82. The third kappa shape index (κ3) is 3.49. The van der Waals surface area contributed by atoms with Crippen LogP contribution in [0.25, 0.3) is 5.69 Å². The smallest absolute Gasteiger partial charge is 0.288 e. The molecule has 0 fully saturated rings. The molecular weight excluding hydrogens is 433 g/mol. The van der Waals surface area contributed by atoms with Crippen molar-refractivity contribution in [1.82, 2.24) is 20.2 Å². The van der Waals surface area contributed by atoms with Gasteiger partial charge in [-0.1, -0.05) is 29.3 Å². The first-order valence-corrected chi connectivity index (χ1v) is 9.05. The van der Waals surface area contributed by atoms with E-state index in [1.165, 1.54) is 36.7 Å². The SMILES string of the molecule is Fc1cc(C2=NCC(c3cc(Cl)cc(Cl)c3)(C(F)(F)F)C2)ccc1-n1cnnn1. The number of rotatable bonds is 3. The summed E-state index contributed by atoms with van der Waals surface area (Å²) in [5.41, 5.74) is -1.91. The molecule has 11 heteroatoms. The summed E-state index contributed by atoms with van der Waals surface area (Å²) in [5.74, 6) is -0.687. The Morgan fingerprint density at radius 3 is 2.34 bits per heavy atom. The van der Waals surface area contributed by atoms with Gasteiger partial charge < -0.3 is 0 Å². The van der Waals surface area contributed by atoms with Crippen LogP contribution >= 0.6 is 23.2 Å². The number of hydrogen-bond donors (Lipinski definition) is 0. The molecule has 0 bridgehead atoms. The molecule has 0 saturated heterocycles. The van der Waals surface area contributed by atoms with Crippen molar-refractivity contribution in [3.05, 3.63) is 69.7 Å². The number of tetrazole rings is 1. The predicted octanol–water partition coefficient (Wildman–Crippen LogP) is 4.80. The van der Waals surface area contributed by atoms with Crippen molar-refractivity contribution in [3.63, 3.8) is 0 Å². The number of aliphatic imine (C=N–C) groups is 1. The molecule has 1 atom stereocenters. The maximum atomic E-state index is 14.5. The van der Waals surface area contributed by atoms with Crippen LogP contribution in [0.4, 0.5) is 17.6 Å². The van der Waals surface area contributed by atoms with E-state index in [-0.39, 0.29) is 32.6 Å². The molecule has 0 saturated carbocycles. The fourth-order valence-electron chi connectivity index (χ4n) is 3.34. The van der Waals surface area contributed by atoms with Crippen LogP contribution in [0, 0.1) is 5.82 Å². The second kappa shape index (κ2) is 7.07. The van der Waals surface area contributed by atoms with Crippen molar-refractivity contribution in [2.75, 3.05) is 6.54 Å². The highest BCUT2D eigenvalue weighted by Gasteiger charge is 2.58. The second-order valence-electron chi connectivity index (χ2n) is 6.60. The summed E-state index contributed by atoms with van der Waals surface area (Å²) >= 11 is 11.8. The first-order chi connectivity index (χ1) is 13.7. The molecule has 0 aliphatic carbocycles. The van der Waals surface area contributed by atoms with Crippen molar-refractivity contribution < 1.29 is 17.6 Å². The summed E-state index contributed by atoms with van der Waals surface area (Å²) in [7, 11) is 0. The molecule has 1 aromatic heterocycles. The molecule has 1 unspecified atom stereocenters. The molecule has 3 aromatic rings. The number of aromatic nitrogens is 4. The van der Waals surface area contributed by atoms with Crippen LogP contribution in [-0.4, -0.2) is 38.6 Å². The number of benzene rings is 2. The molecule has 0 spiro atoms. The fourth-order valence-corrected chi connectivity index (χ4v) is 3.87. The van der Waals surface area contributed by atoms with Crippen LogP contribution in [0.1, 0.15) is 17.5 Å². The molecule has 1 aliphatic rings. The van der Waals surface area contributed by atoms with Crippen LogP contribution in [-0.2, 0) is 5.41 Å². The normalized spacial score (nSPS) is 19.4. The third-order valence-electron chi connectivity index (χ3n) is 4.84. The highest BCUT2D eigenvalue weighted by molar-refractivity contribution is 6.34. The molecule has 5 nitrogen and oxygen atoms in total. The Labute approximate surface area is 172 Å². The van der Waals surface area contributed by atoms with Gasteiger partial charge in [0, 0.05) is 22.2 Å².